The number of rotatable bonds is 5. The highest BCUT2D eigenvalue weighted by Gasteiger charge is 2.25. The van der Waals surface area contributed by atoms with Crippen LogP contribution in [0.4, 0.5) is 10.5 Å². The molecule has 1 saturated carbocycles. The lowest BCUT2D eigenvalue weighted by Crippen LogP contribution is -2.42. The third-order valence-electron chi connectivity index (χ3n) is 4.19. The second-order valence-electron chi connectivity index (χ2n) is 5.95. The Kier molecular flexibility index (Phi) is 5.61. The van der Waals surface area contributed by atoms with Gasteiger partial charge in [0.1, 0.15) is 0 Å². The first-order valence-electron chi connectivity index (χ1n) is 7.65. The summed E-state index contributed by atoms with van der Waals surface area (Å²) >= 11 is 0. The molecule has 6 heteroatoms. The molecule has 1 aliphatic rings. The topological polar surface area (TPSA) is 59.4 Å². The standard InChI is InChI=1S/C15H26N4O2/c1-12-5-4-6-14(9-12)18(2)15(20)17-13-10-16-19(11-13)7-8-21-3/h10-12,14H,4-9H2,1-3H3,(H,17,20)/t12-,14-/m1/s1. The largest absolute Gasteiger partial charge is 0.383 e. The van der Waals surface area contributed by atoms with Crippen LogP contribution < -0.4 is 5.32 Å². The van der Waals surface area contributed by atoms with E-state index in [0.717, 1.165) is 18.5 Å². The lowest BCUT2D eigenvalue weighted by molar-refractivity contribution is 0.171. The molecule has 1 heterocycles. The molecule has 1 aliphatic carbocycles. The monoisotopic (exact) mass is 294 g/mol. The molecule has 1 fully saturated rings. The van der Waals surface area contributed by atoms with Crippen LogP contribution in [-0.4, -0.2) is 47.5 Å². The highest BCUT2D eigenvalue weighted by molar-refractivity contribution is 5.89. The maximum Gasteiger partial charge on any atom is 0.321 e. The molecule has 1 aromatic rings. The number of carbonyl (C=O) groups excluding carboxylic acids is 1. The Bertz CT molecular complexity index is 460. The fraction of sp³-hybridized carbons (Fsp3) is 0.733. The Morgan fingerprint density at radius 1 is 1.57 bits per heavy atom. The fourth-order valence-corrected chi connectivity index (χ4v) is 2.87. The van der Waals surface area contributed by atoms with Gasteiger partial charge < -0.3 is 15.0 Å². The van der Waals surface area contributed by atoms with E-state index >= 15 is 0 Å². The molecule has 1 N–H and O–H groups in total. The number of hydrogen-bond donors (Lipinski definition) is 1. The van der Waals surface area contributed by atoms with Gasteiger partial charge >= 0.3 is 6.03 Å². The van der Waals surface area contributed by atoms with E-state index in [1.807, 2.05) is 18.1 Å². The van der Waals surface area contributed by atoms with E-state index in [9.17, 15) is 4.79 Å². The van der Waals surface area contributed by atoms with Gasteiger partial charge in [-0.05, 0) is 18.8 Å². The second kappa shape index (κ2) is 7.45. The number of carbonyl (C=O) groups is 1. The van der Waals surface area contributed by atoms with E-state index in [4.69, 9.17) is 4.74 Å². The minimum absolute atomic E-state index is 0.0552. The van der Waals surface area contributed by atoms with Crippen LogP contribution in [0.5, 0.6) is 0 Å². The molecule has 118 valence electrons. The van der Waals surface area contributed by atoms with Crippen molar-refractivity contribution in [1.82, 2.24) is 14.7 Å². The lowest BCUT2D eigenvalue weighted by atomic mass is 9.86. The summed E-state index contributed by atoms with van der Waals surface area (Å²) < 4.78 is 6.77. The molecule has 2 amide bonds. The van der Waals surface area contributed by atoms with Crippen LogP contribution >= 0.6 is 0 Å². The highest BCUT2D eigenvalue weighted by atomic mass is 16.5. The normalized spacial score (nSPS) is 22.0. The molecule has 0 spiro atoms. The van der Waals surface area contributed by atoms with Crippen molar-refractivity contribution in [3.63, 3.8) is 0 Å². The van der Waals surface area contributed by atoms with Gasteiger partial charge in [-0.2, -0.15) is 5.10 Å². The van der Waals surface area contributed by atoms with Gasteiger partial charge in [-0.3, -0.25) is 4.68 Å². The SMILES string of the molecule is COCCn1cc(NC(=O)N(C)[C@@H]2CCC[C@@H](C)C2)cn1. The molecule has 0 aromatic carbocycles. The van der Waals surface area contributed by atoms with E-state index < -0.39 is 0 Å². The summed E-state index contributed by atoms with van der Waals surface area (Å²) in [6.07, 6.45) is 8.17. The van der Waals surface area contributed by atoms with Crippen LogP contribution in [0.25, 0.3) is 0 Å². The third-order valence-corrected chi connectivity index (χ3v) is 4.19. The van der Waals surface area contributed by atoms with E-state index in [-0.39, 0.29) is 6.03 Å². The number of methoxy groups -OCH3 is 1. The zero-order chi connectivity index (χ0) is 15.2. The Balaban J connectivity index is 1.86. The van der Waals surface area contributed by atoms with Gasteiger partial charge in [0.25, 0.3) is 0 Å². The van der Waals surface area contributed by atoms with Crippen molar-refractivity contribution in [3.8, 4) is 0 Å². The maximum absolute atomic E-state index is 12.3. The Labute approximate surface area is 126 Å². The van der Waals surface area contributed by atoms with Crippen molar-refractivity contribution in [2.75, 3.05) is 26.1 Å². The van der Waals surface area contributed by atoms with Crippen LogP contribution in [0.1, 0.15) is 32.6 Å². The molecule has 6 nitrogen and oxygen atoms in total. The zero-order valence-corrected chi connectivity index (χ0v) is 13.2. The van der Waals surface area contributed by atoms with Crippen molar-refractivity contribution in [2.45, 2.75) is 45.2 Å². The number of ether oxygens (including phenoxy) is 1. The van der Waals surface area contributed by atoms with Gasteiger partial charge in [-0.1, -0.05) is 19.8 Å². The molecule has 2 atom stereocenters. The van der Waals surface area contributed by atoms with Crippen LogP contribution in [0.3, 0.4) is 0 Å². The molecule has 2 rings (SSSR count). The quantitative estimate of drug-likeness (QED) is 0.908. The lowest BCUT2D eigenvalue weighted by Gasteiger charge is -2.34. The van der Waals surface area contributed by atoms with Crippen molar-refractivity contribution in [3.05, 3.63) is 12.4 Å². The zero-order valence-electron chi connectivity index (χ0n) is 13.2. The van der Waals surface area contributed by atoms with Gasteiger partial charge in [0.2, 0.25) is 0 Å². The van der Waals surface area contributed by atoms with Gasteiger partial charge in [-0.15, -0.1) is 0 Å². The van der Waals surface area contributed by atoms with Crippen molar-refractivity contribution in [2.24, 2.45) is 5.92 Å². The summed E-state index contributed by atoms with van der Waals surface area (Å²) in [7, 11) is 3.54. The van der Waals surface area contributed by atoms with Crippen LogP contribution in [0.2, 0.25) is 0 Å². The number of urea groups is 1. The van der Waals surface area contributed by atoms with Crippen molar-refractivity contribution >= 4 is 11.7 Å². The highest BCUT2D eigenvalue weighted by Crippen LogP contribution is 2.26. The molecule has 0 radical (unpaired) electrons. The third kappa shape index (κ3) is 4.46. The van der Waals surface area contributed by atoms with Gasteiger partial charge in [0, 0.05) is 26.4 Å². The average Bonchev–Trinajstić information content (AvgIpc) is 2.91. The molecule has 0 bridgehead atoms. The minimum Gasteiger partial charge on any atom is -0.383 e. The second-order valence-corrected chi connectivity index (χ2v) is 5.95. The molecule has 0 saturated heterocycles. The first-order chi connectivity index (χ1) is 10.1. The summed E-state index contributed by atoms with van der Waals surface area (Å²) in [5, 5.41) is 7.11. The summed E-state index contributed by atoms with van der Waals surface area (Å²) in [4.78, 5) is 14.1. The molecule has 1 aromatic heterocycles. The van der Waals surface area contributed by atoms with E-state index in [2.05, 4.69) is 17.3 Å². The van der Waals surface area contributed by atoms with E-state index in [0.29, 0.717) is 25.1 Å². The number of hydrogen-bond acceptors (Lipinski definition) is 3. The average molecular weight is 294 g/mol. The Morgan fingerprint density at radius 3 is 3.10 bits per heavy atom. The van der Waals surface area contributed by atoms with Gasteiger partial charge in [0.05, 0.1) is 25.0 Å². The smallest absolute Gasteiger partial charge is 0.321 e. The van der Waals surface area contributed by atoms with Crippen LogP contribution in [0, 0.1) is 5.92 Å². The first-order valence-corrected chi connectivity index (χ1v) is 7.65. The summed E-state index contributed by atoms with van der Waals surface area (Å²) in [5.41, 5.74) is 0.729. The Morgan fingerprint density at radius 2 is 2.38 bits per heavy atom. The number of nitrogens with one attached hydrogen (secondary N) is 1. The van der Waals surface area contributed by atoms with E-state index in [1.165, 1.54) is 12.8 Å². The summed E-state index contributed by atoms with van der Waals surface area (Å²) in [6.45, 7) is 3.55. The number of anilines is 1. The number of nitrogens with zero attached hydrogens (tertiary/aromatic N) is 3. The first kappa shape index (κ1) is 15.8. The van der Waals surface area contributed by atoms with Crippen molar-refractivity contribution in [1.29, 1.82) is 0 Å². The molecular formula is C15H26N4O2. The maximum atomic E-state index is 12.3. The number of aromatic nitrogens is 2. The van der Waals surface area contributed by atoms with Gasteiger partial charge in [-0.25, -0.2) is 4.79 Å². The predicted octanol–water partition coefficient (Wildman–Crippen LogP) is 2.57. The predicted molar refractivity (Wildman–Crippen MR) is 82.3 cm³/mol. The number of amides is 2. The molecule has 21 heavy (non-hydrogen) atoms. The molecular weight excluding hydrogens is 268 g/mol. The fourth-order valence-electron chi connectivity index (χ4n) is 2.87. The van der Waals surface area contributed by atoms with E-state index in [1.54, 1.807) is 18.0 Å². The summed E-state index contributed by atoms with van der Waals surface area (Å²) in [6, 6.07) is 0.290. The van der Waals surface area contributed by atoms with Crippen molar-refractivity contribution < 1.29 is 9.53 Å². The molecule has 0 aliphatic heterocycles. The Hall–Kier alpha value is -1.56. The van der Waals surface area contributed by atoms with Gasteiger partial charge in [0.15, 0.2) is 0 Å². The molecule has 0 unspecified atom stereocenters. The van der Waals surface area contributed by atoms with Crippen LogP contribution in [0.15, 0.2) is 12.4 Å². The van der Waals surface area contributed by atoms with Crippen LogP contribution in [-0.2, 0) is 11.3 Å². The summed E-state index contributed by atoms with van der Waals surface area (Å²) in [5.74, 6) is 0.704. The minimum atomic E-state index is -0.0552.